The van der Waals surface area contributed by atoms with Crippen LogP contribution in [0, 0.1) is 27.8 Å². The number of nitrogens with one attached hydrogen (secondary N) is 1. The lowest BCUT2D eigenvalue weighted by atomic mass is 9.87. The molecule has 2 saturated carbocycles. The van der Waals surface area contributed by atoms with E-state index in [-0.39, 0.29) is 35.6 Å². The van der Waals surface area contributed by atoms with E-state index in [0.29, 0.717) is 23.9 Å². The zero-order valence-corrected chi connectivity index (χ0v) is 25.8. The number of ether oxygens (including phenoxy) is 1. The zero-order chi connectivity index (χ0) is 32.1. The number of hydrogen-bond acceptors (Lipinski definition) is 7. The summed E-state index contributed by atoms with van der Waals surface area (Å²) in [7, 11) is 0. The molecular weight excluding hydrogens is 579 g/mol. The fourth-order valence-electron chi connectivity index (χ4n) is 7.42. The molecular formula is C34H43FN4O6. The quantitative estimate of drug-likeness (QED) is 0.165. The highest BCUT2D eigenvalue weighted by Crippen LogP contribution is 2.55. The Labute approximate surface area is 263 Å². The van der Waals surface area contributed by atoms with Gasteiger partial charge in [0.25, 0.3) is 5.69 Å². The average Bonchev–Trinajstić information content (AvgIpc) is 3.68. The van der Waals surface area contributed by atoms with Gasteiger partial charge < -0.3 is 19.6 Å². The molecule has 45 heavy (non-hydrogen) atoms. The van der Waals surface area contributed by atoms with E-state index in [1.54, 1.807) is 42.2 Å². The minimum absolute atomic E-state index is 0.00427. The number of non-ortho nitro benzene ring substituents is 1. The third-order valence-electron chi connectivity index (χ3n) is 9.98. The summed E-state index contributed by atoms with van der Waals surface area (Å²) in [6.45, 7) is 8.38. The Hall–Kier alpha value is -3.83. The number of halogens is 1. The Morgan fingerprint density at radius 1 is 1.22 bits per heavy atom. The number of rotatable bonds is 13. The Morgan fingerprint density at radius 3 is 2.53 bits per heavy atom. The minimum atomic E-state index is -0.846. The molecule has 3 fully saturated rings. The Morgan fingerprint density at radius 2 is 1.93 bits per heavy atom. The van der Waals surface area contributed by atoms with Crippen molar-refractivity contribution in [3.8, 4) is 0 Å². The second-order valence-corrected chi connectivity index (χ2v) is 12.9. The summed E-state index contributed by atoms with van der Waals surface area (Å²) in [4.78, 5) is 39.3. The highest BCUT2D eigenvalue weighted by Gasteiger charge is 2.54. The van der Waals surface area contributed by atoms with E-state index >= 15 is 0 Å². The maximum Gasteiger partial charge on any atom is 0.410 e. The van der Waals surface area contributed by atoms with Crippen LogP contribution in [-0.2, 0) is 16.1 Å². The van der Waals surface area contributed by atoms with Crippen LogP contribution >= 0.6 is 0 Å². The number of nitro benzene ring substituents is 1. The van der Waals surface area contributed by atoms with Crippen molar-refractivity contribution in [2.75, 3.05) is 26.2 Å². The number of aliphatic carboxylic acids is 1. The number of carbonyl (C=O) groups is 2. The van der Waals surface area contributed by atoms with Crippen molar-refractivity contribution < 1.29 is 28.7 Å². The van der Waals surface area contributed by atoms with Crippen LogP contribution in [-0.4, -0.2) is 75.7 Å². The van der Waals surface area contributed by atoms with Crippen molar-refractivity contribution in [3.05, 3.63) is 88.2 Å². The lowest BCUT2D eigenvalue weighted by Crippen LogP contribution is -2.48. The van der Waals surface area contributed by atoms with E-state index in [4.69, 9.17) is 4.74 Å². The molecule has 10 nitrogen and oxygen atoms in total. The molecule has 2 aromatic rings. The van der Waals surface area contributed by atoms with Crippen molar-refractivity contribution in [2.24, 2.45) is 11.8 Å². The number of amides is 1. The van der Waals surface area contributed by atoms with Gasteiger partial charge in [-0.25, -0.2) is 9.18 Å². The third kappa shape index (κ3) is 7.88. The summed E-state index contributed by atoms with van der Waals surface area (Å²) in [6, 6.07) is 12.2. The van der Waals surface area contributed by atoms with Crippen LogP contribution in [0.4, 0.5) is 14.9 Å². The standard InChI is InChI=1S/C34H43FN4O6/c1-3-15-38(33(42)45-22-24-7-9-30(10-8-24)39(43)44)29-11-16-37(17-12-29)21-26-18-27(34(13-14-34)36-23(2)32(40)41)20-31(26)25-5-4-6-28(35)19-25/h3-10,19,23,26-27,29,31,36H,1,11-18,20-22H2,2H3,(H,40,41)/t23-,26+,27-,31+/m0/s1. The van der Waals surface area contributed by atoms with E-state index in [2.05, 4.69) is 16.8 Å². The number of carboxylic acid groups (broad SMARTS) is 1. The molecule has 0 spiro atoms. The molecule has 2 aliphatic carbocycles. The predicted octanol–water partition coefficient (Wildman–Crippen LogP) is 5.73. The molecule has 242 valence electrons. The highest BCUT2D eigenvalue weighted by atomic mass is 19.1. The number of benzene rings is 2. The van der Waals surface area contributed by atoms with Crippen molar-refractivity contribution >= 4 is 17.7 Å². The summed E-state index contributed by atoms with van der Waals surface area (Å²) in [5.74, 6) is -0.264. The molecule has 2 aromatic carbocycles. The van der Waals surface area contributed by atoms with Crippen LogP contribution in [0.25, 0.3) is 0 Å². The van der Waals surface area contributed by atoms with Gasteiger partial charge in [-0.15, -0.1) is 6.58 Å². The normalized spacial score (nSPS) is 23.6. The second-order valence-electron chi connectivity index (χ2n) is 12.9. The molecule has 3 aliphatic rings. The van der Waals surface area contributed by atoms with Gasteiger partial charge in [0, 0.05) is 49.9 Å². The van der Waals surface area contributed by atoms with E-state index in [1.165, 1.54) is 18.2 Å². The van der Waals surface area contributed by atoms with Crippen LogP contribution in [0.1, 0.15) is 62.5 Å². The number of piperidine rings is 1. The first-order chi connectivity index (χ1) is 21.6. The lowest BCUT2D eigenvalue weighted by Gasteiger charge is -2.39. The Balaban J connectivity index is 1.19. The first kappa shape index (κ1) is 32.6. The number of likely N-dealkylation sites (tertiary alicyclic amines) is 1. The van der Waals surface area contributed by atoms with Crippen LogP contribution in [0.2, 0.25) is 0 Å². The van der Waals surface area contributed by atoms with Gasteiger partial charge in [-0.3, -0.25) is 20.2 Å². The van der Waals surface area contributed by atoms with E-state index < -0.39 is 23.0 Å². The van der Waals surface area contributed by atoms with Gasteiger partial charge in [-0.2, -0.15) is 0 Å². The minimum Gasteiger partial charge on any atom is -0.480 e. The summed E-state index contributed by atoms with van der Waals surface area (Å²) in [5, 5.41) is 23.8. The predicted molar refractivity (Wildman–Crippen MR) is 167 cm³/mol. The van der Waals surface area contributed by atoms with Crippen molar-refractivity contribution in [1.29, 1.82) is 0 Å². The molecule has 0 radical (unpaired) electrons. The first-order valence-corrected chi connectivity index (χ1v) is 15.8. The molecule has 1 amide bonds. The average molecular weight is 623 g/mol. The topological polar surface area (TPSA) is 125 Å². The van der Waals surface area contributed by atoms with Gasteiger partial charge in [0.05, 0.1) is 4.92 Å². The van der Waals surface area contributed by atoms with E-state index in [0.717, 1.165) is 63.7 Å². The molecule has 2 N–H and O–H groups in total. The van der Waals surface area contributed by atoms with Crippen molar-refractivity contribution in [3.63, 3.8) is 0 Å². The number of nitro groups is 1. The maximum atomic E-state index is 14.3. The molecule has 1 saturated heterocycles. The van der Waals surface area contributed by atoms with Gasteiger partial charge in [0.2, 0.25) is 0 Å². The number of carbonyl (C=O) groups excluding carboxylic acids is 1. The molecule has 5 rings (SSSR count). The van der Waals surface area contributed by atoms with E-state index in [9.17, 15) is 29.2 Å². The lowest BCUT2D eigenvalue weighted by molar-refractivity contribution is -0.384. The van der Waals surface area contributed by atoms with E-state index in [1.807, 2.05) is 6.07 Å². The van der Waals surface area contributed by atoms with Crippen LogP contribution in [0.5, 0.6) is 0 Å². The Kier molecular flexibility index (Phi) is 10.2. The monoisotopic (exact) mass is 622 g/mol. The summed E-state index contributed by atoms with van der Waals surface area (Å²) in [5.41, 5.74) is 1.50. The van der Waals surface area contributed by atoms with Gasteiger partial charge in [-0.1, -0.05) is 18.2 Å². The van der Waals surface area contributed by atoms with Crippen molar-refractivity contribution in [2.45, 2.75) is 75.6 Å². The smallest absolute Gasteiger partial charge is 0.410 e. The molecule has 0 bridgehead atoms. The number of carboxylic acids is 1. The molecule has 1 aliphatic heterocycles. The van der Waals surface area contributed by atoms with Gasteiger partial charge in [0.1, 0.15) is 18.5 Å². The van der Waals surface area contributed by atoms with Crippen molar-refractivity contribution in [1.82, 2.24) is 15.1 Å². The second kappa shape index (κ2) is 14.1. The fourth-order valence-corrected chi connectivity index (χ4v) is 7.42. The molecule has 4 atom stereocenters. The summed E-state index contributed by atoms with van der Waals surface area (Å²) >= 11 is 0. The summed E-state index contributed by atoms with van der Waals surface area (Å²) in [6.07, 6.45) is 6.59. The molecule has 0 aromatic heterocycles. The van der Waals surface area contributed by atoms with Gasteiger partial charge in [0.15, 0.2) is 0 Å². The van der Waals surface area contributed by atoms with Gasteiger partial charge in [-0.05, 0) is 98.6 Å². The molecule has 11 heteroatoms. The van der Waals surface area contributed by atoms with Crippen LogP contribution in [0.15, 0.2) is 61.2 Å². The Bertz CT molecular complexity index is 1370. The maximum absolute atomic E-state index is 14.3. The highest BCUT2D eigenvalue weighted by molar-refractivity contribution is 5.73. The SMILES string of the molecule is C=CCN(C(=O)OCc1ccc([N+](=O)[O-])cc1)C1CCN(C[C@H]2C[C@H](C3(N[C@@H](C)C(=O)O)CC3)C[C@@H]2c2cccc(F)c2)CC1. The number of hydrogen-bond donors (Lipinski definition) is 2. The first-order valence-electron chi connectivity index (χ1n) is 15.8. The van der Waals surface area contributed by atoms with Crippen LogP contribution < -0.4 is 5.32 Å². The zero-order valence-electron chi connectivity index (χ0n) is 25.8. The number of nitrogens with zero attached hydrogens (tertiary/aromatic N) is 3. The fraction of sp³-hybridized carbons (Fsp3) is 0.529. The molecule has 1 heterocycles. The largest absolute Gasteiger partial charge is 0.480 e. The van der Waals surface area contributed by atoms with Crippen LogP contribution in [0.3, 0.4) is 0 Å². The third-order valence-corrected chi connectivity index (χ3v) is 9.98. The van der Waals surface area contributed by atoms with Gasteiger partial charge >= 0.3 is 12.1 Å². The molecule has 0 unspecified atom stereocenters. The summed E-state index contributed by atoms with van der Waals surface area (Å²) < 4.78 is 19.9.